The van der Waals surface area contributed by atoms with Gasteiger partial charge in [-0.3, -0.25) is 0 Å². The van der Waals surface area contributed by atoms with Gasteiger partial charge in [-0.15, -0.1) is 0 Å². The summed E-state index contributed by atoms with van der Waals surface area (Å²) in [7, 11) is 0. The number of fused-ring (bicyclic) bond motifs is 2. The molecule has 0 bridgehead atoms. The minimum atomic E-state index is -0.556. The summed E-state index contributed by atoms with van der Waals surface area (Å²) in [5.41, 5.74) is 7.08. The zero-order valence-corrected chi connectivity index (χ0v) is 21.6. The molecule has 6 heterocycles. The van der Waals surface area contributed by atoms with Crippen LogP contribution in [-0.4, -0.2) is 39.2 Å². The van der Waals surface area contributed by atoms with Crippen molar-refractivity contribution in [1.29, 1.82) is 0 Å². The SMILES string of the molecule is Clc1cc(Br)c2nccn2n1.Fc1cccc(Nc2cc(Cl)nn3ccnc23)n1.Nc1cccc(F)n1. The van der Waals surface area contributed by atoms with Crippen molar-refractivity contribution >= 4 is 67.7 Å². The van der Waals surface area contributed by atoms with E-state index in [0.29, 0.717) is 27.5 Å². The maximum Gasteiger partial charge on any atom is 0.214 e. The van der Waals surface area contributed by atoms with Crippen molar-refractivity contribution in [3.05, 3.63) is 100.0 Å². The van der Waals surface area contributed by atoms with Gasteiger partial charge in [-0.2, -0.15) is 19.0 Å². The highest BCUT2D eigenvalue weighted by Gasteiger charge is 2.07. The highest BCUT2D eigenvalue weighted by atomic mass is 79.9. The number of hydrogen-bond acceptors (Lipinski definition) is 8. The Morgan fingerprint density at radius 1 is 0.811 bits per heavy atom. The van der Waals surface area contributed by atoms with Crippen LogP contribution in [0.2, 0.25) is 10.3 Å². The van der Waals surface area contributed by atoms with Gasteiger partial charge in [-0.05, 0) is 46.3 Å². The second kappa shape index (κ2) is 11.9. The summed E-state index contributed by atoms with van der Waals surface area (Å²) >= 11 is 14.9. The number of hydrogen-bond donors (Lipinski definition) is 2. The van der Waals surface area contributed by atoms with Crippen LogP contribution in [0.15, 0.2) is 77.8 Å². The Balaban J connectivity index is 0.000000143. The molecule has 0 saturated heterocycles. The molecular weight excluding hydrogens is 593 g/mol. The van der Waals surface area contributed by atoms with Crippen LogP contribution in [0.1, 0.15) is 0 Å². The minimum Gasteiger partial charge on any atom is -0.384 e. The summed E-state index contributed by atoms with van der Waals surface area (Å²) in [5.74, 6) is -0.503. The molecule has 0 spiro atoms. The van der Waals surface area contributed by atoms with Crippen LogP contribution in [0.4, 0.5) is 26.1 Å². The lowest BCUT2D eigenvalue weighted by Gasteiger charge is -2.06. The average molecular weight is 608 g/mol. The third kappa shape index (κ3) is 7.06. The maximum atomic E-state index is 13.0. The van der Waals surface area contributed by atoms with E-state index in [-0.39, 0.29) is 5.82 Å². The summed E-state index contributed by atoms with van der Waals surface area (Å²) in [5, 5.41) is 11.7. The van der Waals surface area contributed by atoms with Crippen LogP contribution in [-0.2, 0) is 0 Å². The van der Waals surface area contributed by atoms with E-state index >= 15 is 0 Å². The first-order valence-electron chi connectivity index (χ1n) is 10.2. The normalized spacial score (nSPS) is 10.4. The van der Waals surface area contributed by atoms with Crippen LogP contribution < -0.4 is 11.1 Å². The van der Waals surface area contributed by atoms with Crippen molar-refractivity contribution < 1.29 is 8.78 Å². The fraction of sp³-hybridized carbons (Fsp3) is 0. The lowest BCUT2D eigenvalue weighted by molar-refractivity contribution is 0.585. The van der Waals surface area contributed by atoms with Crippen LogP contribution in [0.25, 0.3) is 11.3 Å². The highest BCUT2D eigenvalue weighted by Crippen LogP contribution is 2.22. The van der Waals surface area contributed by atoms with E-state index < -0.39 is 11.9 Å². The standard InChI is InChI=1S/C11H7ClFN5.C6H3BrClN3.C5H5FN2/c12-8-6-7(11-14-4-5-18(11)17-8)15-10-3-1-2-9(13)16-10;7-4-3-5(8)10-11-2-1-9-6(4)11;6-4-2-1-3-5(7)8-4/h1-6H,(H,15,16);1-3H;1-3H,(H2,7,8). The van der Waals surface area contributed by atoms with Crippen LogP contribution in [0.3, 0.4) is 0 Å². The minimum absolute atomic E-state index is 0.213. The summed E-state index contributed by atoms with van der Waals surface area (Å²) in [6.45, 7) is 0. The average Bonchev–Trinajstić information content (AvgIpc) is 3.49. The van der Waals surface area contributed by atoms with Gasteiger partial charge in [0, 0.05) is 30.9 Å². The number of nitrogen functional groups attached to an aromatic ring is 1. The predicted octanol–water partition coefficient (Wildman–Crippen LogP) is 5.61. The van der Waals surface area contributed by atoms with Crippen molar-refractivity contribution in [3.8, 4) is 0 Å². The Hall–Kier alpha value is -3.94. The van der Waals surface area contributed by atoms with Gasteiger partial charge in [0.1, 0.15) is 11.6 Å². The maximum absolute atomic E-state index is 13.0. The number of rotatable bonds is 2. The molecule has 0 unspecified atom stereocenters. The number of imidazole rings is 2. The number of nitrogens with one attached hydrogen (secondary N) is 1. The van der Waals surface area contributed by atoms with E-state index in [1.165, 1.54) is 28.8 Å². The Bertz CT molecular complexity index is 1640. The Morgan fingerprint density at radius 3 is 2.03 bits per heavy atom. The fourth-order valence-corrected chi connectivity index (χ4v) is 3.88. The third-order valence-electron chi connectivity index (χ3n) is 4.33. The van der Waals surface area contributed by atoms with Gasteiger partial charge in [-0.1, -0.05) is 35.3 Å². The molecule has 0 atom stereocenters. The molecule has 6 aromatic rings. The molecule has 3 N–H and O–H groups in total. The Labute approximate surface area is 226 Å². The van der Waals surface area contributed by atoms with Gasteiger partial charge in [0.05, 0.1) is 10.2 Å². The van der Waals surface area contributed by atoms with E-state index in [0.717, 1.165) is 10.1 Å². The van der Waals surface area contributed by atoms with E-state index in [4.69, 9.17) is 28.9 Å². The second-order valence-electron chi connectivity index (χ2n) is 6.94. The number of anilines is 3. The monoisotopic (exact) mass is 606 g/mol. The van der Waals surface area contributed by atoms with E-state index in [1.54, 1.807) is 53.6 Å². The molecular formula is C22H15BrCl2F2N10. The number of aromatic nitrogens is 8. The summed E-state index contributed by atoms with van der Waals surface area (Å²) in [4.78, 5) is 15.2. The fourth-order valence-electron chi connectivity index (χ4n) is 2.87. The van der Waals surface area contributed by atoms with Gasteiger partial charge >= 0.3 is 0 Å². The topological polar surface area (TPSA) is 124 Å². The number of nitrogens with two attached hydrogens (primary N) is 1. The second-order valence-corrected chi connectivity index (χ2v) is 8.57. The molecule has 15 heteroatoms. The lowest BCUT2D eigenvalue weighted by atomic mass is 10.4. The number of halogens is 5. The number of nitrogens with zero attached hydrogens (tertiary/aromatic N) is 8. The molecule has 0 fully saturated rings. The Kier molecular flexibility index (Phi) is 8.38. The largest absolute Gasteiger partial charge is 0.384 e. The summed E-state index contributed by atoms with van der Waals surface area (Å²) in [6, 6.07) is 12.1. The van der Waals surface area contributed by atoms with Crippen molar-refractivity contribution in [2.75, 3.05) is 11.1 Å². The van der Waals surface area contributed by atoms with Gasteiger partial charge in [0.15, 0.2) is 21.6 Å². The first-order chi connectivity index (χ1) is 17.8. The zero-order chi connectivity index (χ0) is 26.4. The molecule has 0 aliphatic carbocycles. The van der Waals surface area contributed by atoms with E-state index in [1.807, 2.05) is 0 Å². The van der Waals surface area contributed by atoms with Crippen molar-refractivity contribution in [2.24, 2.45) is 0 Å². The lowest BCUT2D eigenvalue weighted by Crippen LogP contribution is -2.00. The zero-order valence-electron chi connectivity index (χ0n) is 18.5. The highest BCUT2D eigenvalue weighted by molar-refractivity contribution is 9.10. The molecule has 6 aromatic heterocycles. The van der Waals surface area contributed by atoms with E-state index in [2.05, 4.69) is 51.4 Å². The van der Waals surface area contributed by atoms with Crippen molar-refractivity contribution in [3.63, 3.8) is 0 Å². The van der Waals surface area contributed by atoms with E-state index in [9.17, 15) is 8.78 Å². The first-order valence-corrected chi connectivity index (χ1v) is 11.8. The smallest absolute Gasteiger partial charge is 0.214 e. The third-order valence-corrected chi connectivity index (χ3v) is 5.28. The van der Waals surface area contributed by atoms with Crippen LogP contribution >= 0.6 is 39.1 Å². The molecule has 188 valence electrons. The quantitative estimate of drug-likeness (QED) is 0.243. The van der Waals surface area contributed by atoms with Crippen molar-refractivity contribution in [1.82, 2.24) is 39.2 Å². The predicted molar refractivity (Wildman–Crippen MR) is 140 cm³/mol. The first kappa shape index (κ1) is 26.1. The molecule has 0 amide bonds. The molecule has 0 aromatic carbocycles. The van der Waals surface area contributed by atoms with Gasteiger partial charge < -0.3 is 11.1 Å². The van der Waals surface area contributed by atoms with Gasteiger partial charge in [0.25, 0.3) is 0 Å². The summed E-state index contributed by atoms with van der Waals surface area (Å²) < 4.78 is 29.0. The molecule has 37 heavy (non-hydrogen) atoms. The Morgan fingerprint density at radius 2 is 1.41 bits per heavy atom. The van der Waals surface area contributed by atoms with Crippen LogP contribution in [0, 0.1) is 11.9 Å². The molecule has 0 saturated carbocycles. The molecule has 0 radical (unpaired) electrons. The van der Waals surface area contributed by atoms with Crippen LogP contribution in [0.5, 0.6) is 0 Å². The van der Waals surface area contributed by atoms with Gasteiger partial charge in [0.2, 0.25) is 11.9 Å². The molecule has 0 aliphatic rings. The van der Waals surface area contributed by atoms with Gasteiger partial charge in [-0.25, -0.2) is 29.0 Å². The molecule has 10 nitrogen and oxygen atoms in total. The molecule has 0 aliphatic heterocycles. The summed E-state index contributed by atoms with van der Waals surface area (Å²) in [6.07, 6.45) is 6.68. The van der Waals surface area contributed by atoms with Crippen molar-refractivity contribution in [2.45, 2.75) is 0 Å². The molecule has 6 rings (SSSR count). The number of pyridine rings is 2.